The van der Waals surface area contributed by atoms with Crippen molar-refractivity contribution < 1.29 is 54.1 Å². The Hall–Kier alpha value is -3.26. The molecule has 1 saturated carbocycles. The predicted molar refractivity (Wildman–Crippen MR) is 202 cm³/mol. The Kier molecular flexibility index (Phi) is 13.2. The largest absolute Gasteiger partial charge is 0.511 e. The second kappa shape index (κ2) is 16.9. The Morgan fingerprint density at radius 3 is 1.54 bits per heavy atom. The third-order valence-electron chi connectivity index (χ3n) is 10.6. The van der Waals surface area contributed by atoms with E-state index in [1.54, 1.807) is 32.9 Å². The monoisotopic (exact) mass is 834 g/mol. The molecule has 3 aromatic rings. The number of thioether (sulfide) groups is 2. The molecular weight excluding hydrogens is 791 g/mol. The minimum absolute atomic E-state index is 0.0933. The van der Waals surface area contributed by atoms with E-state index in [4.69, 9.17) is 0 Å². The highest BCUT2D eigenvalue weighted by Crippen LogP contribution is 2.48. The van der Waals surface area contributed by atoms with E-state index in [0.29, 0.717) is 17.6 Å². The fourth-order valence-corrected chi connectivity index (χ4v) is 10.2. The summed E-state index contributed by atoms with van der Waals surface area (Å²) in [6.45, 7) is 10.9. The van der Waals surface area contributed by atoms with Crippen LogP contribution in [0.3, 0.4) is 0 Å². The van der Waals surface area contributed by atoms with Crippen molar-refractivity contribution in [2.45, 2.75) is 114 Å². The van der Waals surface area contributed by atoms with Crippen LogP contribution in [-0.4, -0.2) is 26.5 Å². The Labute approximate surface area is 328 Å². The van der Waals surface area contributed by atoms with Crippen molar-refractivity contribution in [3.8, 4) is 16.9 Å². The molecule has 2 aliphatic carbocycles. The zero-order valence-electron chi connectivity index (χ0n) is 31.8. The highest BCUT2D eigenvalue weighted by Gasteiger charge is 2.38. The van der Waals surface area contributed by atoms with Crippen LogP contribution >= 0.6 is 23.5 Å². The summed E-state index contributed by atoms with van der Waals surface area (Å²) < 4.78 is 146. The third kappa shape index (κ3) is 8.76. The summed E-state index contributed by atoms with van der Waals surface area (Å²) in [7, 11) is 0. The number of aromatic hydroxyl groups is 1. The maximum absolute atomic E-state index is 15.1. The topological polar surface area (TPSA) is 40.5 Å². The summed E-state index contributed by atoms with van der Waals surface area (Å²) in [4.78, 5) is 0. The number of halogens is 10. The van der Waals surface area contributed by atoms with Crippen LogP contribution in [0.25, 0.3) is 11.1 Å². The van der Waals surface area contributed by atoms with E-state index in [9.17, 15) is 36.6 Å². The molecule has 1 fully saturated rings. The van der Waals surface area contributed by atoms with Crippen LogP contribution in [0.2, 0.25) is 0 Å². The van der Waals surface area contributed by atoms with Gasteiger partial charge in [-0.05, 0) is 41.7 Å². The average Bonchev–Trinajstić information content (AvgIpc) is 3.12. The summed E-state index contributed by atoms with van der Waals surface area (Å²) >= 11 is 2.91. The van der Waals surface area contributed by atoms with Crippen molar-refractivity contribution in [2.75, 3.05) is 5.75 Å². The van der Waals surface area contributed by atoms with E-state index >= 15 is 17.6 Å². The number of phenolic OH excluding ortho intramolecular Hbond substituents is 1. The lowest BCUT2D eigenvalue weighted by Gasteiger charge is -2.33. The SMILES string of the molecule is CC(C)(C)C1=CC(CSC2CCCCCCC2SCc2cc(C(C)(C)C)cc(-c3c(F)c(F)c(F)c(F)c3F)c2O)=C(O)C(c2c(F)c(F)c(F)c(F)c2F)C1. The minimum atomic E-state index is -2.31. The van der Waals surface area contributed by atoms with Gasteiger partial charge in [-0.2, -0.15) is 23.5 Å². The first-order valence-electron chi connectivity index (χ1n) is 18.3. The van der Waals surface area contributed by atoms with Gasteiger partial charge in [-0.15, -0.1) is 0 Å². The first-order valence-corrected chi connectivity index (χ1v) is 20.4. The van der Waals surface area contributed by atoms with Gasteiger partial charge in [0.25, 0.3) is 0 Å². The molecule has 2 nitrogen and oxygen atoms in total. The third-order valence-corrected chi connectivity index (χ3v) is 13.7. The fraction of sp³-hybridized carbons (Fsp3) is 0.476. The van der Waals surface area contributed by atoms with Crippen LogP contribution < -0.4 is 0 Å². The molecule has 5 rings (SSSR count). The van der Waals surface area contributed by atoms with Crippen molar-refractivity contribution >= 4 is 23.5 Å². The quantitative estimate of drug-likeness (QED) is 0.135. The second-order valence-electron chi connectivity index (χ2n) is 16.5. The molecule has 0 spiro atoms. The molecule has 0 aromatic heterocycles. The number of hydrogen-bond donors (Lipinski definition) is 2. The summed E-state index contributed by atoms with van der Waals surface area (Å²) in [6.07, 6.45) is 6.59. The zero-order valence-corrected chi connectivity index (χ0v) is 33.5. The normalized spacial score (nSPS) is 19.9. The van der Waals surface area contributed by atoms with E-state index in [1.165, 1.54) is 29.6 Å². The van der Waals surface area contributed by atoms with Crippen molar-refractivity contribution in [3.05, 3.63) is 110 Å². The number of hydrogen-bond acceptors (Lipinski definition) is 4. The molecule has 2 N–H and O–H groups in total. The highest BCUT2D eigenvalue weighted by atomic mass is 32.2. The molecule has 14 heteroatoms. The Morgan fingerprint density at radius 1 is 0.589 bits per heavy atom. The summed E-state index contributed by atoms with van der Waals surface area (Å²) in [5, 5.41) is 22.6. The van der Waals surface area contributed by atoms with Gasteiger partial charge in [0.1, 0.15) is 11.5 Å². The van der Waals surface area contributed by atoms with Gasteiger partial charge < -0.3 is 10.2 Å². The molecule has 3 atom stereocenters. The van der Waals surface area contributed by atoms with Crippen LogP contribution in [0, 0.1) is 63.6 Å². The van der Waals surface area contributed by atoms with Gasteiger partial charge in [0, 0.05) is 44.3 Å². The maximum atomic E-state index is 15.1. The van der Waals surface area contributed by atoms with Gasteiger partial charge in [-0.1, -0.05) is 84.9 Å². The number of aliphatic hydroxyl groups excluding tert-OH is 1. The highest BCUT2D eigenvalue weighted by molar-refractivity contribution is 8.03. The average molecular weight is 835 g/mol. The van der Waals surface area contributed by atoms with Gasteiger partial charge in [0.2, 0.25) is 11.6 Å². The van der Waals surface area contributed by atoms with E-state index < -0.39 is 103 Å². The lowest BCUT2D eigenvalue weighted by Crippen LogP contribution is -2.25. The lowest BCUT2D eigenvalue weighted by molar-refractivity contribution is 0.320. The molecule has 0 aliphatic heterocycles. The van der Waals surface area contributed by atoms with E-state index in [0.717, 1.165) is 32.1 Å². The van der Waals surface area contributed by atoms with Crippen molar-refractivity contribution in [2.24, 2.45) is 5.41 Å². The van der Waals surface area contributed by atoms with Crippen molar-refractivity contribution in [1.82, 2.24) is 0 Å². The molecular formula is C42H44F10O2S2. The molecule has 3 unspecified atom stereocenters. The first kappa shape index (κ1) is 43.9. The Balaban J connectivity index is 1.49. The second-order valence-corrected chi connectivity index (χ2v) is 18.9. The van der Waals surface area contributed by atoms with Crippen LogP contribution in [0.4, 0.5) is 43.9 Å². The summed E-state index contributed by atoms with van der Waals surface area (Å²) in [5.74, 6) is -23.6. The van der Waals surface area contributed by atoms with Crippen LogP contribution in [0.1, 0.15) is 109 Å². The predicted octanol–water partition coefficient (Wildman–Crippen LogP) is 13.8. The molecule has 0 bridgehead atoms. The van der Waals surface area contributed by atoms with E-state index in [-0.39, 0.29) is 39.6 Å². The van der Waals surface area contributed by atoms with Gasteiger partial charge in [0.05, 0.1) is 11.5 Å². The van der Waals surface area contributed by atoms with Crippen LogP contribution in [0.5, 0.6) is 5.75 Å². The van der Waals surface area contributed by atoms with Gasteiger partial charge in [0.15, 0.2) is 46.5 Å². The molecule has 306 valence electrons. The van der Waals surface area contributed by atoms with Gasteiger partial charge in [-0.3, -0.25) is 0 Å². The summed E-state index contributed by atoms with van der Waals surface area (Å²) in [5.41, 5.74) is -2.47. The van der Waals surface area contributed by atoms with E-state index in [2.05, 4.69) is 0 Å². The standard InChI is InChI=1S/C42H44F10O2S2/c1-41(2,3)21-13-19(39(53)23(15-21)27-29(43)33(47)37(51)34(48)30(27)44)17-55-25-11-9-7-8-10-12-26(25)56-18-20-14-22(42(4,5)6)16-24(40(20)54)28-31(45)35(49)38(52)36(50)32(28)46/h13-15,24-26,53-54H,7-12,16-18H2,1-6H3. The van der Waals surface area contributed by atoms with Gasteiger partial charge >= 0.3 is 0 Å². The molecule has 0 saturated heterocycles. The molecule has 0 amide bonds. The smallest absolute Gasteiger partial charge is 0.200 e. The molecule has 0 radical (unpaired) electrons. The molecule has 0 heterocycles. The van der Waals surface area contributed by atoms with Gasteiger partial charge in [-0.25, -0.2) is 43.9 Å². The van der Waals surface area contributed by atoms with Crippen LogP contribution in [0.15, 0.2) is 35.1 Å². The number of aliphatic hydroxyl groups is 1. The number of phenols is 1. The molecule has 2 aliphatic rings. The molecule has 3 aromatic carbocycles. The minimum Gasteiger partial charge on any atom is -0.511 e. The Morgan fingerprint density at radius 2 is 1.05 bits per heavy atom. The number of benzene rings is 3. The summed E-state index contributed by atoms with van der Waals surface area (Å²) in [6, 6.07) is 2.87. The van der Waals surface area contributed by atoms with Crippen LogP contribution in [-0.2, 0) is 11.2 Å². The first-order chi connectivity index (χ1) is 26.1. The van der Waals surface area contributed by atoms with Crippen molar-refractivity contribution in [3.63, 3.8) is 0 Å². The lowest BCUT2D eigenvalue weighted by atomic mass is 9.74. The maximum Gasteiger partial charge on any atom is 0.200 e. The molecule has 56 heavy (non-hydrogen) atoms. The number of rotatable bonds is 8. The number of allylic oxidation sites excluding steroid dienone is 3. The zero-order chi connectivity index (χ0) is 41.6. The Bertz CT molecular complexity index is 2010. The van der Waals surface area contributed by atoms with Crippen molar-refractivity contribution in [1.29, 1.82) is 0 Å². The fourth-order valence-electron chi connectivity index (χ4n) is 7.15. The van der Waals surface area contributed by atoms with E-state index in [1.807, 2.05) is 20.8 Å².